The highest BCUT2D eigenvalue weighted by Crippen LogP contribution is 2.20. The molecule has 0 fully saturated rings. The summed E-state index contributed by atoms with van der Waals surface area (Å²) in [5, 5.41) is 12.8. The Hall–Kier alpha value is -1.86. The molecule has 2 rings (SSSR count). The third-order valence-electron chi connectivity index (χ3n) is 3.12. The van der Waals surface area contributed by atoms with Crippen LogP contribution in [0.2, 0.25) is 0 Å². The molecule has 0 spiro atoms. The second kappa shape index (κ2) is 7.14. The Labute approximate surface area is 140 Å². The maximum Gasteiger partial charge on any atom is 0.413 e. The number of aromatic amines is 1. The fraction of sp³-hybridized carbons (Fsp3) is 0.500. The molecule has 0 aromatic carbocycles. The molecule has 126 valence electrons. The molecule has 0 saturated heterocycles. The van der Waals surface area contributed by atoms with Crippen molar-refractivity contribution in [1.82, 2.24) is 15.5 Å². The first-order valence-electron chi connectivity index (χ1n) is 7.53. The maximum atomic E-state index is 11.8. The largest absolute Gasteiger partial charge is 0.444 e. The highest BCUT2D eigenvalue weighted by molar-refractivity contribution is 7.12. The minimum Gasteiger partial charge on any atom is -0.444 e. The number of nitrogens with zero attached hydrogens (tertiary/aromatic N) is 1. The second-order valence-electron chi connectivity index (χ2n) is 6.44. The molecule has 0 aliphatic rings. The van der Waals surface area contributed by atoms with E-state index in [0.717, 1.165) is 12.1 Å². The number of nitrogens with one attached hydrogen (secondary N) is 3. The molecule has 0 bridgehead atoms. The summed E-state index contributed by atoms with van der Waals surface area (Å²) in [5.74, 6) is 0.560. The number of ether oxygens (including phenoxy) is 1. The lowest BCUT2D eigenvalue weighted by molar-refractivity contribution is 0.0635. The average Bonchev–Trinajstić information content (AvgIpc) is 2.94. The van der Waals surface area contributed by atoms with E-state index >= 15 is 0 Å². The normalized spacial score (nSPS) is 11.5. The lowest BCUT2D eigenvalue weighted by Gasteiger charge is -2.19. The van der Waals surface area contributed by atoms with Gasteiger partial charge >= 0.3 is 6.09 Å². The topological polar surface area (TPSA) is 79.0 Å². The molecule has 3 N–H and O–H groups in total. The van der Waals surface area contributed by atoms with E-state index in [0.29, 0.717) is 12.4 Å². The van der Waals surface area contributed by atoms with Gasteiger partial charge in [-0.1, -0.05) is 0 Å². The van der Waals surface area contributed by atoms with Crippen molar-refractivity contribution in [1.29, 1.82) is 0 Å². The van der Waals surface area contributed by atoms with Gasteiger partial charge in [-0.05, 0) is 46.2 Å². The van der Waals surface area contributed by atoms with Crippen LogP contribution in [0.5, 0.6) is 0 Å². The number of carbonyl (C=O) groups is 1. The van der Waals surface area contributed by atoms with Crippen molar-refractivity contribution in [3.63, 3.8) is 0 Å². The van der Waals surface area contributed by atoms with Crippen LogP contribution >= 0.6 is 11.3 Å². The minimum atomic E-state index is -0.531. The summed E-state index contributed by atoms with van der Waals surface area (Å²) in [4.78, 5) is 14.5. The molecule has 1 amide bonds. The quantitative estimate of drug-likeness (QED) is 0.777. The molecule has 0 aliphatic heterocycles. The fourth-order valence-corrected chi connectivity index (χ4v) is 3.10. The van der Waals surface area contributed by atoms with E-state index in [1.54, 1.807) is 17.5 Å². The van der Waals surface area contributed by atoms with Crippen LogP contribution in [0.25, 0.3) is 0 Å². The van der Waals surface area contributed by atoms with Crippen LogP contribution in [0.1, 0.15) is 41.7 Å². The summed E-state index contributed by atoms with van der Waals surface area (Å²) in [5.41, 5.74) is 1.66. The molecule has 0 unspecified atom stereocenters. The number of H-pyrrole nitrogens is 1. The van der Waals surface area contributed by atoms with E-state index in [-0.39, 0.29) is 0 Å². The fourth-order valence-electron chi connectivity index (χ4n) is 2.15. The summed E-state index contributed by atoms with van der Waals surface area (Å²) in [7, 11) is 0. The van der Waals surface area contributed by atoms with Crippen LogP contribution < -0.4 is 10.6 Å². The number of anilines is 1. The van der Waals surface area contributed by atoms with E-state index in [4.69, 9.17) is 4.74 Å². The maximum absolute atomic E-state index is 11.8. The summed E-state index contributed by atoms with van der Waals surface area (Å²) >= 11 is 1.80. The summed E-state index contributed by atoms with van der Waals surface area (Å²) < 4.78 is 5.24. The van der Waals surface area contributed by atoms with Crippen molar-refractivity contribution in [2.75, 3.05) is 5.32 Å². The Balaban J connectivity index is 1.88. The molecule has 0 radical (unpaired) electrons. The molecule has 6 nitrogen and oxygen atoms in total. The number of rotatable bonds is 5. The average molecular weight is 336 g/mol. The monoisotopic (exact) mass is 336 g/mol. The first-order valence-corrected chi connectivity index (χ1v) is 8.35. The zero-order chi connectivity index (χ0) is 17.0. The molecule has 23 heavy (non-hydrogen) atoms. The first-order chi connectivity index (χ1) is 10.7. The highest BCUT2D eigenvalue weighted by atomic mass is 32.1. The second-order valence-corrected chi connectivity index (χ2v) is 7.90. The van der Waals surface area contributed by atoms with Gasteiger partial charge in [0.15, 0.2) is 0 Å². The Morgan fingerprint density at radius 3 is 2.61 bits per heavy atom. The van der Waals surface area contributed by atoms with Crippen molar-refractivity contribution in [2.24, 2.45) is 0 Å². The number of aryl methyl sites for hydroxylation is 2. The predicted molar refractivity (Wildman–Crippen MR) is 92.8 cm³/mol. The first kappa shape index (κ1) is 17.5. The van der Waals surface area contributed by atoms with E-state index < -0.39 is 11.7 Å². The number of amides is 1. The zero-order valence-electron chi connectivity index (χ0n) is 14.2. The van der Waals surface area contributed by atoms with Crippen LogP contribution in [0.4, 0.5) is 10.6 Å². The summed E-state index contributed by atoms with van der Waals surface area (Å²) in [6.07, 6.45) is 1.21. The van der Waals surface area contributed by atoms with Gasteiger partial charge in [0.2, 0.25) is 0 Å². The molecular weight excluding hydrogens is 312 g/mol. The molecule has 0 aliphatic carbocycles. The van der Waals surface area contributed by atoms with E-state index in [1.165, 1.54) is 15.3 Å². The molecule has 2 aromatic rings. The molecular formula is C16H24N4O2S. The van der Waals surface area contributed by atoms with Crippen LogP contribution in [0.3, 0.4) is 0 Å². The SMILES string of the molecule is Cc1cc(CNCc2cn[nH]c2NC(=O)OC(C)(C)C)c(C)s1. The predicted octanol–water partition coefficient (Wildman–Crippen LogP) is 3.72. The number of hydrogen-bond acceptors (Lipinski definition) is 5. The van der Waals surface area contributed by atoms with Crippen LogP contribution in [-0.2, 0) is 17.8 Å². The lowest BCUT2D eigenvalue weighted by atomic mass is 10.2. The summed E-state index contributed by atoms with van der Waals surface area (Å²) in [6, 6.07) is 2.20. The van der Waals surface area contributed by atoms with E-state index in [1.807, 2.05) is 20.8 Å². The minimum absolute atomic E-state index is 0.493. The van der Waals surface area contributed by atoms with Crippen LogP contribution in [0.15, 0.2) is 12.3 Å². The Bertz CT molecular complexity index is 670. The van der Waals surface area contributed by atoms with Gasteiger partial charge in [0.05, 0.1) is 6.20 Å². The Morgan fingerprint density at radius 1 is 1.30 bits per heavy atom. The number of thiophene rings is 1. The zero-order valence-corrected chi connectivity index (χ0v) is 15.1. The van der Waals surface area contributed by atoms with E-state index in [2.05, 4.69) is 40.7 Å². The Kier molecular flexibility index (Phi) is 5.43. The van der Waals surface area contributed by atoms with Crippen LogP contribution in [0, 0.1) is 13.8 Å². The number of carbonyl (C=O) groups excluding carboxylic acids is 1. The van der Waals surface area contributed by atoms with E-state index in [9.17, 15) is 4.79 Å². The van der Waals surface area contributed by atoms with Gasteiger partial charge in [-0.15, -0.1) is 11.3 Å². The molecule has 0 saturated carbocycles. The van der Waals surface area contributed by atoms with Crippen molar-refractivity contribution in [3.05, 3.63) is 33.1 Å². The van der Waals surface area contributed by atoms with Gasteiger partial charge in [-0.3, -0.25) is 10.4 Å². The highest BCUT2D eigenvalue weighted by Gasteiger charge is 2.17. The molecule has 2 heterocycles. The third-order valence-corrected chi connectivity index (χ3v) is 4.13. The van der Waals surface area contributed by atoms with Gasteiger partial charge < -0.3 is 10.1 Å². The molecule has 7 heteroatoms. The third kappa shape index (κ3) is 5.37. The van der Waals surface area contributed by atoms with Crippen molar-refractivity contribution < 1.29 is 9.53 Å². The van der Waals surface area contributed by atoms with Crippen LogP contribution in [-0.4, -0.2) is 21.9 Å². The smallest absolute Gasteiger partial charge is 0.413 e. The number of hydrogen-bond donors (Lipinski definition) is 3. The van der Waals surface area contributed by atoms with Crippen molar-refractivity contribution in [3.8, 4) is 0 Å². The van der Waals surface area contributed by atoms with Crippen molar-refractivity contribution >= 4 is 23.2 Å². The van der Waals surface area contributed by atoms with Crippen molar-refractivity contribution in [2.45, 2.75) is 53.3 Å². The standard InChI is InChI=1S/C16H24N4O2S/c1-10-6-12(11(2)23-10)7-17-8-13-9-18-20-14(13)19-15(21)22-16(3,4)5/h6,9,17H,7-8H2,1-5H3,(H2,18,19,20,21). The van der Waals surface area contributed by atoms with Gasteiger partial charge in [0.1, 0.15) is 11.4 Å². The number of aromatic nitrogens is 2. The Morgan fingerprint density at radius 2 is 2.00 bits per heavy atom. The van der Waals surface area contributed by atoms with Gasteiger partial charge in [0.25, 0.3) is 0 Å². The lowest BCUT2D eigenvalue weighted by Crippen LogP contribution is -2.27. The molecule has 2 aromatic heterocycles. The van der Waals surface area contributed by atoms with Gasteiger partial charge in [-0.2, -0.15) is 5.10 Å². The van der Waals surface area contributed by atoms with Gasteiger partial charge in [0, 0.05) is 28.4 Å². The summed E-state index contributed by atoms with van der Waals surface area (Å²) in [6.45, 7) is 11.1. The van der Waals surface area contributed by atoms with Gasteiger partial charge in [-0.25, -0.2) is 4.79 Å². The molecule has 0 atom stereocenters.